The van der Waals surface area contributed by atoms with Crippen LogP contribution in [0.5, 0.6) is 0 Å². The first-order valence-corrected chi connectivity index (χ1v) is 13.2. The SMILES string of the molecule is C[C@H](C(=O)NCc1ccccn1)N(Cc1ccc(F)cc1)C(=O)CN(Cc1ccccc1)S(C)(=O)=O. The quantitative estimate of drug-likeness (QED) is 0.426. The van der Waals surface area contributed by atoms with E-state index in [1.807, 2.05) is 6.07 Å². The summed E-state index contributed by atoms with van der Waals surface area (Å²) in [6.45, 7) is 1.30. The molecule has 2 amide bonds. The van der Waals surface area contributed by atoms with Crippen LogP contribution in [0.3, 0.4) is 0 Å². The number of rotatable bonds is 11. The number of carbonyl (C=O) groups excluding carboxylic acids is 2. The van der Waals surface area contributed by atoms with Gasteiger partial charge < -0.3 is 10.2 Å². The van der Waals surface area contributed by atoms with E-state index in [0.717, 1.165) is 16.1 Å². The van der Waals surface area contributed by atoms with Crippen molar-refractivity contribution in [1.82, 2.24) is 19.5 Å². The average molecular weight is 513 g/mol. The Hall–Kier alpha value is -3.63. The number of halogens is 1. The minimum atomic E-state index is -3.73. The van der Waals surface area contributed by atoms with Crippen molar-refractivity contribution in [1.29, 1.82) is 0 Å². The second-order valence-corrected chi connectivity index (χ2v) is 10.4. The summed E-state index contributed by atoms with van der Waals surface area (Å²) in [6, 6.07) is 18.9. The van der Waals surface area contributed by atoms with Gasteiger partial charge in [-0.25, -0.2) is 12.8 Å². The first kappa shape index (κ1) is 27.0. The van der Waals surface area contributed by atoms with Crippen LogP contribution in [0.25, 0.3) is 0 Å². The normalized spacial score (nSPS) is 12.2. The molecule has 3 rings (SSSR count). The third kappa shape index (κ3) is 7.96. The number of sulfonamides is 1. The lowest BCUT2D eigenvalue weighted by Gasteiger charge is -2.31. The maximum Gasteiger partial charge on any atom is 0.242 e. The molecule has 1 atom stereocenters. The minimum absolute atomic E-state index is 0.000224. The van der Waals surface area contributed by atoms with Crippen molar-refractivity contribution < 1.29 is 22.4 Å². The largest absolute Gasteiger partial charge is 0.349 e. The van der Waals surface area contributed by atoms with Crippen LogP contribution in [0.1, 0.15) is 23.7 Å². The Labute approximate surface area is 210 Å². The number of hydrogen-bond acceptors (Lipinski definition) is 5. The molecule has 190 valence electrons. The van der Waals surface area contributed by atoms with Gasteiger partial charge in [-0.1, -0.05) is 48.5 Å². The van der Waals surface area contributed by atoms with Gasteiger partial charge >= 0.3 is 0 Å². The van der Waals surface area contributed by atoms with Crippen LogP contribution in [0.2, 0.25) is 0 Å². The molecular formula is C26H29FN4O4S. The fourth-order valence-electron chi connectivity index (χ4n) is 3.52. The Morgan fingerprint density at radius 1 is 0.944 bits per heavy atom. The number of nitrogens with one attached hydrogen (secondary N) is 1. The first-order valence-electron chi connectivity index (χ1n) is 11.3. The van der Waals surface area contributed by atoms with Crippen molar-refractivity contribution in [3.05, 3.63) is 102 Å². The number of carbonyl (C=O) groups is 2. The van der Waals surface area contributed by atoms with Crippen molar-refractivity contribution in [3.8, 4) is 0 Å². The molecular weight excluding hydrogens is 483 g/mol. The molecule has 1 heterocycles. The van der Waals surface area contributed by atoms with Crippen LogP contribution >= 0.6 is 0 Å². The molecule has 10 heteroatoms. The zero-order valence-electron chi connectivity index (χ0n) is 20.2. The number of aromatic nitrogens is 1. The highest BCUT2D eigenvalue weighted by Crippen LogP contribution is 2.14. The maximum absolute atomic E-state index is 13.4. The summed E-state index contributed by atoms with van der Waals surface area (Å²) in [7, 11) is -3.73. The highest BCUT2D eigenvalue weighted by Gasteiger charge is 2.30. The molecule has 1 aromatic heterocycles. The Morgan fingerprint density at radius 3 is 2.19 bits per heavy atom. The third-order valence-corrected chi connectivity index (χ3v) is 6.78. The van der Waals surface area contributed by atoms with Crippen LogP contribution < -0.4 is 5.32 Å². The smallest absolute Gasteiger partial charge is 0.242 e. The maximum atomic E-state index is 13.4. The fraction of sp³-hybridized carbons (Fsp3) is 0.269. The molecule has 2 aromatic carbocycles. The van der Waals surface area contributed by atoms with Gasteiger partial charge in [0.05, 0.1) is 25.0 Å². The molecule has 1 N–H and O–H groups in total. The van der Waals surface area contributed by atoms with Crippen LogP contribution in [0, 0.1) is 5.82 Å². The van der Waals surface area contributed by atoms with Gasteiger partial charge in [-0.15, -0.1) is 0 Å². The molecule has 0 aliphatic rings. The molecule has 36 heavy (non-hydrogen) atoms. The van der Waals surface area contributed by atoms with Gasteiger partial charge in [0.1, 0.15) is 11.9 Å². The van der Waals surface area contributed by atoms with Crippen molar-refractivity contribution in [2.24, 2.45) is 0 Å². The van der Waals surface area contributed by atoms with E-state index in [1.165, 1.54) is 29.2 Å². The molecule has 0 saturated carbocycles. The van der Waals surface area contributed by atoms with E-state index in [4.69, 9.17) is 0 Å². The predicted molar refractivity (Wildman–Crippen MR) is 134 cm³/mol. The molecule has 8 nitrogen and oxygen atoms in total. The van der Waals surface area contributed by atoms with Gasteiger partial charge in [0.25, 0.3) is 0 Å². The lowest BCUT2D eigenvalue weighted by atomic mass is 10.1. The molecule has 0 unspecified atom stereocenters. The molecule has 3 aromatic rings. The number of pyridine rings is 1. The van der Waals surface area contributed by atoms with E-state index in [1.54, 1.807) is 55.6 Å². The van der Waals surface area contributed by atoms with Gasteiger partial charge in [0, 0.05) is 19.3 Å². The van der Waals surface area contributed by atoms with E-state index >= 15 is 0 Å². The summed E-state index contributed by atoms with van der Waals surface area (Å²) >= 11 is 0. The molecule has 0 fully saturated rings. The van der Waals surface area contributed by atoms with Crippen LogP contribution in [0.15, 0.2) is 79.0 Å². The second kappa shape index (κ2) is 12.4. The fourth-order valence-corrected chi connectivity index (χ4v) is 4.24. The molecule has 0 aliphatic heterocycles. The number of benzene rings is 2. The monoisotopic (exact) mass is 512 g/mol. The van der Waals surface area contributed by atoms with Crippen LogP contribution in [-0.2, 0) is 39.2 Å². The van der Waals surface area contributed by atoms with E-state index in [2.05, 4.69) is 10.3 Å². The lowest BCUT2D eigenvalue weighted by molar-refractivity contribution is -0.140. The Morgan fingerprint density at radius 2 is 1.58 bits per heavy atom. The minimum Gasteiger partial charge on any atom is -0.349 e. The lowest BCUT2D eigenvalue weighted by Crippen LogP contribution is -2.50. The number of nitrogens with zero attached hydrogens (tertiary/aromatic N) is 3. The van der Waals surface area contributed by atoms with Crippen molar-refractivity contribution in [2.75, 3.05) is 12.8 Å². The Balaban J connectivity index is 1.80. The average Bonchev–Trinajstić information content (AvgIpc) is 2.86. The summed E-state index contributed by atoms with van der Waals surface area (Å²) in [6.07, 6.45) is 2.65. The van der Waals surface area contributed by atoms with E-state index < -0.39 is 40.2 Å². The van der Waals surface area contributed by atoms with Gasteiger partial charge in [-0.05, 0) is 42.3 Å². The van der Waals surface area contributed by atoms with Gasteiger partial charge in [0.15, 0.2) is 0 Å². The number of amides is 2. The van der Waals surface area contributed by atoms with Crippen molar-refractivity contribution in [2.45, 2.75) is 32.6 Å². The highest BCUT2D eigenvalue weighted by molar-refractivity contribution is 7.88. The summed E-state index contributed by atoms with van der Waals surface area (Å²) in [5.74, 6) is -1.41. The van der Waals surface area contributed by atoms with Crippen molar-refractivity contribution >= 4 is 21.8 Å². The van der Waals surface area contributed by atoms with Crippen LogP contribution in [0.4, 0.5) is 4.39 Å². The molecule has 0 aliphatic carbocycles. The van der Waals surface area contributed by atoms with Gasteiger partial charge in [-0.3, -0.25) is 14.6 Å². The second-order valence-electron chi connectivity index (χ2n) is 8.38. The molecule has 0 spiro atoms. The molecule has 0 bridgehead atoms. The highest BCUT2D eigenvalue weighted by atomic mass is 32.2. The molecule has 0 radical (unpaired) electrons. The Kier molecular flexibility index (Phi) is 9.26. The summed E-state index contributed by atoms with van der Waals surface area (Å²) in [4.78, 5) is 31.9. The van der Waals surface area contributed by atoms with E-state index in [-0.39, 0.29) is 19.6 Å². The zero-order valence-corrected chi connectivity index (χ0v) is 21.0. The van der Waals surface area contributed by atoms with Gasteiger partial charge in [-0.2, -0.15) is 4.31 Å². The van der Waals surface area contributed by atoms with Crippen LogP contribution in [-0.4, -0.2) is 53.3 Å². The summed E-state index contributed by atoms with van der Waals surface area (Å²) in [5, 5.41) is 2.77. The number of hydrogen-bond donors (Lipinski definition) is 1. The third-order valence-electron chi connectivity index (χ3n) is 5.59. The van der Waals surface area contributed by atoms with E-state index in [0.29, 0.717) is 11.3 Å². The van der Waals surface area contributed by atoms with E-state index in [9.17, 15) is 22.4 Å². The standard InChI is InChI=1S/C26H29FN4O4S/c1-20(26(33)29-16-24-10-6-7-15-28-24)31(18-22-11-13-23(27)14-12-22)25(32)19-30(36(2,34)35)17-21-8-4-3-5-9-21/h3-15,20H,16-19H2,1-2H3,(H,29,33)/t20-/m1/s1. The summed E-state index contributed by atoms with van der Waals surface area (Å²) < 4.78 is 39.4. The van der Waals surface area contributed by atoms with Crippen molar-refractivity contribution in [3.63, 3.8) is 0 Å². The molecule has 0 saturated heterocycles. The topological polar surface area (TPSA) is 99.7 Å². The summed E-state index contributed by atoms with van der Waals surface area (Å²) in [5.41, 5.74) is 1.98. The van der Waals surface area contributed by atoms with Gasteiger partial charge in [0.2, 0.25) is 21.8 Å². The predicted octanol–water partition coefficient (Wildman–Crippen LogP) is 2.72. The Bertz CT molecular complexity index is 1260. The first-order chi connectivity index (χ1) is 17.1. The zero-order chi connectivity index (χ0) is 26.1.